The van der Waals surface area contributed by atoms with E-state index in [4.69, 9.17) is 5.11 Å². The molecule has 0 fully saturated rings. The highest BCUT2D eigenvalue weighted by Gasteiger charge is 2.29. The van der Waals surface area contributed by atoms with Crippen molar-refractivity contribution < 1.29 is 18.3 Å². The standard InChI is InChI=1S/C11H14O4S/c1-11(2,10(12)13)8-5-4-6-9(7-8)16(3,14)15/h4-7H,1-3H3,(H,12,13). The van der Waals surface area contributed by atoms with Gasteiger partial charge in [0.25, 0.3) is 0 Å². The van der Waals surface area contributed by atoms with Gasteiger partial charge in [-0.2, -0.15) is 0 Å². The summed E-state index contributed by atoms with van der Waals surface area (Å²) in [5.74, 6) is -0.988. The van der Waals surface area contributed by atoms with Gasteiger partial charge >= 0.3 is 5.97 Å². The summed E-state index contributed by atoms with van der Waals surface area (Å²) in [6.45, 7) is 3.08. The molecular weight excluding hydrogens is 228 g/mol. The molecule has 0 amide bonds. The number of rotatable bonds is 3. The van der Waals surface area contributed by atoms with Crippen LogP contribution in [0.25, 0.3) is 0 Å². The number of carboxylic acids is 1. The van der Waals surface area contributed by atoms with E-state index in [-0.39, 0.29) is 4.90 Å². The van der Waals surface area contributed by atoms with Gasteiger partial charge in [0.15, 0.2) is 9.84 Å². The lowest BCUT2D eigenvalue weighted by Crippen LogP contribution is -2.28. The van der Waals surface area contributed by atoms with Gasteiger partial charge in [-0.25, -0.2) is 8.42 Å². The van der Waals surface area contributed by atoms with Gasteiger partial charge in [0.1, 0.15) is 0 Å². The van der Waals surface area contributed by atoms with E-state index in [1.54, 1.807) is 12.1 Å². The Labute approximate surface area is 94.8 Å². The summed E-state index contributed by atoms with van der Waals surface area (Å²) >= 11 is 0. The minimum Gasteiger partial charge on any atom is -0.481 e. The highest BCUT2D eigenvalue weighted by molar-refractivity contribution is 7.90. The van der Waals surface area contributed by atoms with Crippen molar-refractivity contribution in [2.45, 2.75) is 24.2 Å². The van der Waals surface area contributed by atoms with Crippen LogP contribution in [-0.4, -0.2) is 25.7 Å². The molecule has 0 aliphatic heterocycles. The second-order valence-electron chi connectivity index (χ2n) is 4.23. The highest BCUT2D eigenvalue weighted by atomic mass is 32.2. The molecule has 0 radical (unpaired) electrons. The van der Waals surface area contributed by atoms with Crippen LogP contribution in [0.15, 0.2) is 29.2 Å². The van der Waals surface area contributed by atoms with E-state index < -0.39 is 21.2 Å². The Bertz CT molecular complexity index is 515. The van der Waals surface area contributed by atoms with Crippen molar-refractivity contribution in [1.29, 1.82) is 0 Å². The van der Waals surface area contributed by atoms with Crippen LogP contribution in [0.4, 0.5) is 0 Å². The molecule has 0 unspecified atom stereocenters. The average Bonchev–Trinajstić information content (AvgIpc) is 2.16. The number of sulfone groups is 1. The van der Waals surface area contributed by atoms with Crippen LogP contribution in [-0.2, 0) is 20.0 Å². The lowest BCUT2D eigenvalue weighted by atomic mass is 9.85. The van der Waals surface area contributed by atoms with Gasteiger partial charge in [-0.05, 0) is 31.5 Å². The van der Waals surface area contributed by atoms with E-state index in [9.17, 15) is 13.2 Å². The number of hydrogen-bond acceptors (Lipinski definition) is 3. The fraction of sp³-hybridized carbons (Fsp3) is 0.364. The first kappa shape index (κ1) is 12.7. The van der Waals surface area contributed by atoms with Crippen LogP contribution in [0.5, 0.6) is 0 Å². The number of aliphatic carboxylic acids is 1. The maximum Gasteiger partial charge on any atom is 0.313 e. The van der Waals surface area contributed by atoms with E-state index in [2.05, 4.69) is 0 Å². The summed E-state index contributed by atoms with van der Waals surface area (Å²) in [6.07, 6.45) is 1.10. The average molecular weight is 242 g/mol. The molecule has 1 aromatic rings. The fourth-order valence-electron chi connectivity index (χ4n) is 1.24. The zero-order chi connectivity index (χ0) is 12.6. The van der Waals surface area contributed by atoms with Crippen LogP contribution in [0.3, 0.4) is 0 Å². The molecule has 0 heterocycles. The monoisotopic (exact) mass is 242 g/mol. The Kier molecular flexibility index (Phi) is 3.10. The Morgan fingerprint density at radius 3 is 2.31 bits per heavy atom. The maximum atomic E-state index is 11.3. The summed E-state index contributed by atoms with van der Waals surface area (Å²) in [7, 11) is -3.30. The van der Waals surface area contributed by atoms with Crippen LogP contribution < -0.4 is 0 Å². The molecule has 0 aliphatic rings. The molecule has 0 atom stereocenters. The smallest absolute Gasteiger partial charge is 0.313 e. The van der Waals surface area contributed by atoms with E-state index in [0.717, 1.165) is 6.26 Å². The molecule has 5 heteroatoms. The first-order valence-electron chi connectivity index (χ1n) is 4.69. The van der Waals surface area contributed by atoms with Gasteiger partial charge in [-0.1, -0.05) is 12.1 Å². The summed E-state index contributed by atoms with van der Waals surface area (Å²) in [4.78, 5) is 11.2. The molecule has 0 bridgehead atoms. The van der Waals surface area contributed by atoms with Crippen molar-refractivity contribution in [3.8, 4) is 0 Å². The van der Waals surface area contributed by atoms with Crippen molar-refractivity contribution in [2.24, 2.45) is 0 Å². The summed E-state index contributed by atoms with van der Waals surface area (Å²) in [6, 6.07) is 6.03. The molecule has 88 valence electrons. The van der Waals surface area contributed by atoms with Gasteiger partial charge in [0.2, 0.25) is 0 Å². The van der Waals surface area contributed by atoms with Crippen LogP contribution in [0.1, 0.15) is 19.4 Å². The van der Waals surface area contributed by atoms with Gasteiger partial charge < -0.3 is 5.11 Å². The van der Waals surface area contributed by atoms with Gasteiger partial charge in [-0.15, -0.1) is 0 Å². The molecule has 4 nitrogen and oxygen atoms in total. The predicted molar refractivity (Wildman–Crippen MR) is 60.2 cm³/mol. The molecule has 0 saturated carbocycles. The minimum atomic E-state index is -3.30. The molecule has 0 saturated heterocycles. The third kappa shape index (κ3) is 2.41. The molecule has 0 aromatic heterocycles. The molecule has 16 heavy (non-hydrogen) atoms. The quantitative estimate of drug-likeness (QED) is 0.870. The van der Waals surface area contributed by atoms with E-state index >= 15 is 0 Å². The minimum absolute atomic E-state index is 0.138. The first-order valence-corrected chi connectivity index (χ1v) is 6.59. The van der Waals surface area contributed by atoms with E-state index in [0.29, 0.717) is 5.56 Å². The number of carboxylic acid groups (broad SMARTS) is 1. The fourth-order valence-corrected chi connectivity index (χ4v) is 1.91. The lowest BCUT2D eigenvalue weighted by molar-refractivity contribution is -0.142. The summed E-state index contributed by atoms with van der Waals surface area (Å²) in [5.41, 5.74) is -0.622. The third-order valence-corrected chi connectivity index (χ3v) is 3.63. The zero-order valence-electron chi connectivity index (χ0n) is 9.39. The van der Waals surface area contributed by atoms with Crippen LogP contribution in [0.2, 0.25) is 0 Å². The van der Waals surface area contributed by atoms with Crippen LogP contribution in [0, 0.1) is 0 Å². The Hall–Kier alpha value is -1.36. The molecule has 0 spiro atoms. The highest BCUT2D eigenvalue weighted by Crippen LogP contribution is 2.25. The zero-order valence-corrected chi connectivity index (χ0v) is 10.2. The molecule has 1 aromatic carbocycles. The second-order valence-corrected chi connectivity index (χ2v) is 6.25. The van der Waals surface area contributed by atoms with E-state index in [1.165, 1.54) is 26.0 Å². The summed E-state index contributed by atoms with van der Waals surface area (Å²) < 4.78 is 22.7. The third-order valence-electron chi connectivity index (χ3n) is 2.52. The Balaban J connectivity index is 3.34. The summed E-state index contributed by atoms with van der Waals surface area (Å²) in [5, 5.41) is 9.04. The van der Waals surface area contributed by atoms with Crippen molar-refractivity contribution in [1.82, 2.24) is 0 Å². The normalized spacial score (nSPS) is 12.4. The van der Waals surface area contributed by atoms with Crippen LogP contribution >= 0.6 is 0 Å². The van der Waals surface area contributed by atoms with Crippen molar-refractivity contribution in [3.63, 3.8) is 0 Å². The molecule has 1 N–H and O–H groups in total. The Morgan fingerprint density at radius 1 is 1.31 bits per heavy atom. The first-order chi connectivity index (χ1) is 7.15. The van der Waals surface area contributed by atoms with Gasteiger partial charge in [-0.3, -0.25) is 4.79 Å². The molecule has 0 aliphatic carbocycles. The second kappa shape index (κ2) is 3.90. The SMILES string of the molecule is CC(C)(C(=O)O)c1cccc(S(C)(=O)=O)c1. The molecule has 1 rings (SSSR count). The number of hydrogen-bond donors (Lipinski definition) is 1. The largest absolute Gasteiger partial charge is 0.481 e. The van der Waals surface area contributed by atoms with Crippen molar-refractivity contribution >= 4 is 15.8 Å². The predicted octanol–water partition coefficient (Wildman–Crippen LogP) is 1.45. The van der Waals surface area contributed by atoms with Gasteiger partial charge in [0, 0.05) is 6.26 Å². The number of benzene rings is 1. The lowest BCUT2D eigenvalue weighted by Gasteiger charge is -2.20. The van der Waals surface area contributed by atoms with Crippen molar-refractivity contribution in [2.75, 3.05) is 6.26 Å². The molecular formula is C11H14O4S. The van der Waals surface area contributed by atoms with Gasteiger partial charge in [0.05, 0.1) is 10.3 Å². The van der Waals surface area contributed by atoms with E-state index in [1.807, 2.05) is 0 Å². The topological polar surface area (TPSA) is 71.4 Å². The number of carbonyl (C=O) groups is 1. The Morgan fingerprint density at radius 2 is 1.88 bits per heavy atom. The van der Waals surface area contributed by atoms with Crippen molar-refractivity contribution in [3.05, 3.63) is 29.8 Å². The maximum absolute atomic E-state index is 11.3.